The number of hydrogen-bond donors (Lipinski definition) is 0. The average Bonchev–Trinajstić information content (AvgIpc) is 2.52. The predicted octanol–water partition coefficient (Wildman–Crippen LogP) is 4.34. The smallest absolute Gasteiger partial charge is 0.0113 e. The molecule has 0 aromatic heterocycles. The maximum Gasteiger partial charge on any atom is -0.0113 e. The Kier molecular flexibility index (Phi) is 4.37. The minimum atomic E-state index is 1.22. The van der Waals surface area contributed by atoms with Gasteiger partial charge in [-0.1, -0.05) is 53.9 Å². The Bertz CT molecular complexity index is 221. The molecular weight excluding hydrogens is 212 g/mol. The van der Waals surface area contributed by atoms with Crippen molar-refractivity contribution in [3.05, 3.63) is 34.4 Å². The summed E-state index contributed by atoms with van der Waals surface area (Å²) in [6.45, 7) is 2.24. The molecule has 66 valence electrons. The third-order valence-electron chi connectivity index (χ3n) is 2.11. The molecule has 0 atom stereocenters. The molecule has 0 aliphatic heterocycles. The van der Waals surface area contributed by atoms with Crippen molar-refractivity contribution in [2.45, 2.75) is 32.6 Å². The number of unbranched alkanes of at least 4 members (excludes halogenated alkanes) is 2. The summed E-state index contributed by atoms with van der Waals surface area (Å²) in [6.07, 6.45) is 11.7. The Labute approximate surface area is 83.2 Å². The molecular formula is C11H15Br. The van der Waals surface area contributed by atoms with Gasteiger partial charge in [0.15, 0.2) is 0 Å². The van der Waals surface area contributed by atoms with E-state index in [1.807, 2.05) is 4.99 Å². The van der Waals surface area contributed by atoms with Gasteiger partial charge in [0, 0.05) is 0 Å². The molecule has 0 aromatic rings. The van der Waals surface area contributed by atoms with Crippen molar-refractivity contribution in [3.8, 4) is 0 Å². The molecule has 0 nitrogen and oxygen atoms in total. The van der Waals surface area contributed by atoms with E-state index in [0.717, 1.165) is 0 Å². The van der Waals surface area contributed by atoms with Crippen LogP contribution in [0.2, 0.25) is 0 Å². The molecule has 0 bridgehead atoms. The van der Waals surface area contributed by atoms with Crippen molar-refractivity contribution >= 4 is 15.9 Å². The summed E-state index contributed by atoms with van der Waals surface area (Å²) in [6, 6.07) is 0. The van der Waals surface area contributed by atoms with Crippen LogP contribution < -0.4 is 0 Å². The van der Waals surface area contributed by atoms with Gasteiger partial charge >= 0.3 is 0 Å². The SMILES string of the molecule is CCCCCC1=CC=CC1=CBr. The summed E-state index contributed by atoms with van der Waals surface area (Å²) < 4.78 is 0. The summed E-state index contributed by atoms with van der Waals surface area (Å²) >= 11 is 3.37. The lowest BCUT2D eigenvalue weighted by Crippen LogP contribution is -1.83. The van der Waals surface area contributed by atoms with Gasteiger partial charge < -0.3 is 0 Å². The molecule has 1 heteroatoms. The lowest BCUT2D eigenvalue weighted by atomic mass is 10.0. The molecule has 0 saturated carbocycles. The van der Waals surface area contributed by atoms with E-state index in [4.69, 9.17) is 0 Å². The fourth-order valence-electron chi connectivity index (χ4n) is 1.37. The fraction of sp³-hybridized carbons (Fsp3) is 0.455. The summed E-state index contributed by atoms with van der Waals surface area (Å²) in [5.41, 5.74) is 2.81. The Morgan fingerprint density at radius 3 is 2.92 bits per heavy atom. The minimum absolute atomic E-state index is 1.22. The standard InChI is InChI=1S/C11H15Br/c1-2-3-4-6-10-7-5-8-11(10)9-12/h5,7-9H,2-4,6H2,1H3. The zero-order valence-electron chi connectivity index (χ0n) is 7.52. The van der Waals surface area contributed by atoms with Crippen LogP contribution >= 0.6 is 15.9 Å². The minimum Gasteiger partial charge on any atom is -0.0654 e. The first kappa shape index (κ1) is 9.79. The fourth-order valence-corrected chi connectivity index (χ4v) is 1.82. The van der Waals surface area contributed by atoms with E-state index in [2.05, 4.69) is 41.1 Å². The van der Waals surface area contributed by atoms with Crippen LogP contribution in [0, 0.1) is 0 Å². The average molecular weight is 227 g/mol. The normalized spacial score (nSPS) is 18.8. The van der Waals surface area contributed by atoms with E-state index in [1.54, 1.807) is 0 Å². The summed E-state index contributed by atoms with van der Waals surface area (Å²) in [5, 5.41) is 0. The molecule has 0 N–H and O–H groups in total. The third-order valence-corrected chi connectivity index (χ3v) is 2.60. The number of rotatable bonds is 4. The third kappa shape index (κ3) is 2.63. The van der Waals surface area contributed by atoms with E-state index in [9.17, 15) is 0 Å². The second-order valence-electron chi connectivity index (χ2n) is 3.07. The van der Waals surface area contributed by atoms with Crippen LogP contribution in [0.25, 0.3) is 0 Å². The maximum absolute atomic E-state index is 3.37. The van der Waals surface area contributed by atoms with E-state index in [0.29, 0.717) is 0 Å². The van der Waals surface area contributed by atoms with Gasteiger partial charge in [0.25, 0.3) is 0 Å². The quantitative estimate of drug-likeness (QED) is 0.626. The first-order valence-corrected chi connectivity index (χ1v) is 5.48. The molecule has 1 aliphatic rings. The van der Waals surface area contributed by atoms with E-state index in [1.165, 1.54) is 36.8 Å². The molecule has 0 unspecified atom stereocenters. The molecule has 0 saturated heterocycles. The molecule has 1 rings (SSSR count). The maximum atomic E-state index is 3.37. The molecule has 0 radical (unpaired) electrons. The van der Waals surface area contributed by atoms with Gasteiger partial charge in [-0.3, -0.25) is 0 Å². The van der Waals surface area contributed by atoms with Gasteiger partial charge in [-0.25, -0.2) is 0 Å². The molecule has 0 aromatic carbocycles. The second kappa shape index (κ2) is 5.36. The van der Waals surface area contributed by atoms with Crippen molar-refractivity contribution < 1.29 is 0 Å². The first-order chi connectivity index (χ1) is 5.88. The van der Waals surface area contributed by atoms with Crippen molar-refractivity contribution in [1.82, 2.24) is 0 Å². The number of allylic oxidation sites excluding steroid dienone is 5. The van der Waals surface area contributed by atoms with Gasteiger partial charge in [0.2, 0.25) is 0 Å². The largest absolute Gasteiger partial charge is 0.0654 e. The van der Waals surface area contributed by atoms with Crippen molar-refractivity contribution in [2.24, 2.45) is 0 Å². The highest BCUT2D eigenvalue weighted by Gasteiger charge is 2.04. The van der Waals surface area contributed by atoms with Crippen molar-refractivity contribution in [2.75, 3.05) is 0 Å². The van der Waals surface area contributed by atoms with Crippen molar-refractivity contribution in [3.63, 3.8) is 0 Å². The first-order valence-electron chi connectivity index (χ1n) is 4.56. The van der Waals surface area contributed by atoms with E-state index in [-0.39, 0.29) is 0 Å². The highest BCUT2D eigenvalue weighted by molar-refractivity contribution is 9.11. The second-order valence-corrected chi connectivity index (χ2v) is 3.53. The topological polar surface area (TPSA) is 0 Å². The highest BCUT2D eigenvalue weighted by Crippen LogP contribution is 2.24. The number of hydrogen-bond acceptors (Lipinski definition) is 0. The summed E-state index contributed by atoms with van der Waals surface area (Å²) in [5.74, 6) is 0. The van der Waals surface area contributed by atoms with Crippen LogP contribution in [0.5, 0.6) is 0 Å². The monoisotopic (exact) mass is 226 g/mol. The number of halogens is 1. The molecule has 0 spiro atoms. The van der Waals surface area contributed by atoms with Crippen LogP contribution in [0.15, 0.2) is 34.4 Å². The summed E-state index contributed by atoms with van der Waals surface area (Å²) in [4.78, 5) is 2.01. The molecule has 0 amide bonds. The van der Waals surface area contributed by atoms with Crippen LogP contribution in [0.3, 0.4) is 0 Å². The van der Waals surface area contributed by atoms with E-state index >= 15 is 0 Å². The van der Waals surface area contributed by atoms with Crippen LogP contribution in [-0.2, 0) is 0 Å². The molecule has 12 heavy (non-hydrogen) atoms. The molecule has 0 fully saturated rings. The van der Waals surface area contributed by atoms with Crippen LogP contribution in [-0.4, -0.2) is 0 Å². The van der Waals surface area contributed by atoms with Gasteiger partial charge in [0.1, 0.15) is 0 Å². The predicted molar refractivity (Wildman–Crippen MR) is 58.4 cm³/mol. The van der Waals surface area contributed by atoms with Gasteiger partial charge in [-0.05, 0) is 29.0 Å². The Morgan fingerprint density at radius 2 is 2.25 bits per heavy atom. The van der Waals surface area contributed by atoms with Crippen molar-refractivity contribution in [1.29, 1.82) is 0 Å². The van der Waals surface area contributed by atoms with Crippen LogP contribution in [0.1, 0.15) is 32.6 Å². The highest BCUT2D eigenvalue weighted by atomic mass is 79.9. The Hall–Kier alpha value is -0.300. The summed E-state index contributed by atoms with van der Waals surface area (Å²) in [7, 11) is 0. The van der Waals surface area contributed by atoms with E-state index < -0.39 is 0 Å². The van der Waals surface area contributed by atoms with Crippen LogP contribution in [0.4, 0.5) is 0 Å². The zero-order valence-corrected chi connectivity index (χ0v) is 9.10. The van der Waals surface area contributed by atoms with Gasteiger partial charge in [0.05, 0.1) is 0 Å². The van der Waals surface area contributed by atoms with Gasteiger partial charge in [-0.2, -0.15) is 0 Å². The molecule has 1 aliphatic carbocycles. The molecule has 0 heterocycles. The lowest BCUT2D eigenvalue weighted by Gasteiger charge is -2.02. The Balaban J connectivity index is 2.34. The lowest BCUT2D eigenvalue weighted by molar-refractivity contribution is 0.718. The zero-order chi connectivity index (χ0) is 8.81. The Morgan fingerprint density at radius 1 is 1.42 bits per heavy atom. The van der Waals surface area contributed by atoms with Gasteiger partial charge in [-0.15, -0.1) is 0 Å².